The van der Waals surface area contributed by atoms with Gasteiger partial charge in [-0.25, -0.2) is 0 Å². The quantitative estimate of drug-likeness (QED) is 0.616. The van der Waals surface area contributed by atoms with Crippen molar-refractivity contribution in [3.8, 4) is 12.1 Å². The summed E-state index contributed by atoms with van der Waals surface area (Å²) in [6.07, 6.45) is 6.62. The molecule has 1 aromatic carbocycles. The van der Waals surface area contributed by atoms with E-state index in [2.05, 4.69) is 22.2 Å². The Hall–Kier alpha value is -2.28. The van der Waals surface area contributed by atoms with Gasteiger partial charge in [-0.1, -0.05) is 6.08 Å². The predicted octanol–water partition coefficient (Wildman–Crippen LogP) is 3.42. The highest BCUT2D eigenvalue weighted by Gasteiger charge is 2.25. The van der Waals surface area contributed by atoms with Crippen molar-refractivity contribution < 1.29 is 4.74 Å². The van der Waals surface area contributed by atoms with Crippen molar-refractivity contribution in [2.24, 2.45) is 0 Å². The van der Waals surface area contributed by atoms with E-state index < -0.39 is 0 Å². The Morgan fingerprint density at radius 2 is 2.40 bits per heavy atom. The normalized spacial score (nSPS) is 16.6. The first-order valence-corrected chi connectivity index (χ1v) is 7.00. The van der Waals surface area contributed by atoms with Gasteiger partial charge in [0.2, 0.25) is 0 Å². The molecule has 4 nitrogen and oxygen atoms in total. The van der Waals surface area contributed by atoms with Crippen molar-refractivity contribution in [3.63, 3.8) is 0 Å². The van der Waals surface area contributed by atoms with Gasteiger partial charge < -0.3 is 4.74 Å². The molecule has 1 unspecified atom stereocenters. The number of aromatic nitrogens is 2. The topological polar surface area (TPSA) is 50.8 Å². The third-order valence-electron chi connectivity index (χ3n) is 3.68. The number of fused-ring (bicyclic) bond motifs is 3. The van der Waals surface area contributed by atoms with Crippen LogP contribution in [0.1, 0.15) is 31.2 Å². The highest BCUT2D eigenvalue weighted by Crippen LogP contribution is 2.29. The van der Waals surface area contributed by atoms with Crippen molar-refractivity contribution in [1.82, 2.24) is 9.55 Å². The lowest BCUT2D eigenvalue weighted by molar-refractivity contribution is 0.210. The molecular weight excluding hydrogens is 250 g/mol. The maximum Gasteiger partial charge on any atom is 0.297 e. The molecule has 2 aromatic rings. The van der Waals surface area contributed by atoms with Gasteiger partial charge in [-0.05, 0) is 43.9 Å². The molecule has 0 saturated carbocycles. The molecule has 1 aromatic heterocycles. The highest BCUT2D eigenvalue weighted by atomic mass is 16.5. The molecule has 0 radical (unpaired) electrons. The number of unbranched alkanes of at least 4 members (excludes halogenated alkanes) is 2. The Kier molecular flexibility index (Phi) is 3.42. The molecular formula is C16H17N3O. The zero-order valence-electron chi connectivity index (χ0n) is 11.4. The molecule has 1 atom stereocenters. The van der Waals surface area contributed by atoms with Crippen LogP contribution in [0.2, 0.25) is 0 Å². The first kappa shape index (κ1) is 12.7. The van der Waals surface area contributed by atoms with Gasteiger partial charge in [-0.3, -0.25) is 4.57 Å². The Morgan fingerprint density at radius 3 is 3.20 bits per heavy atom. The van der Waals surface area contributed by atoms with Crippen LogP contribution in [-0.4, -0.2) is 15.7 Å². The number of hydrogen-bond acceptors (Lipinski definition) is 3. The van der Waals surface area contributed by atoms with E-state index in [1.807, 2.05) is 24.3 Å². The van der Waals surface area contributed by atoms with E-state index in [1.54, 1.807) is 0 Å². The lowest BCUT2D eigenvalue weighted by Crippen LogP contribution is -2.14. The van der Waals surface area contributed by atoms with Gasteiger partial charge in [-0.2, -0.15) is 10.2 Å². The molecule has 0 spiro atoms. The monoisotopic (exact) mass is 267 g/mol. The summed E-state index contributed by atoms with van der Waals surface area (Å²) in [5.41, 5.74) is 2.52. The molecule has 3 rings (SSSR count). The maximum atomic E-state index is 8.90. The number of nitrogens with zero attached hydrogens (tertiary/aromatic N) is 3. The van der Waals surface area contributed by atoms with Gasteiger partial charge in [0.15, 0.2) is 0 Å². The summed E-state index contributed by atoms with van der Waals surface area (Å²) >= 11 is 0. The first-order chi connectivity index (χ1) is 9.81. The smallest absolute Gasteiger partial charge is 0.297 e. The number of imidazole rings is 1. The zero-order valence-corrected chi connectivity index (χ0v) is 11.4. The number of allylic oxidation sites excluding steroid dienone is 1. The molecule has 2 heterocycles. The summed E-state index contributed by atoms with van der Waals surface area (Å²) in [5, 5.41) is 8.90. The average molecular weight is 267 g/mol. The molecule has 0 fully saturated rings. The molecule has 0 N–H and O–H groups in total. The predicted molar refractivity (Wildman–Crippen MR) is 77.5 cm³/mol. The van der Waals surface area contributed by atoms with Crippen molar-refractivity contribution in [2.45, 2.75) is 38.3 Å². The summed E-state index contributed by atoms with van der Waals surface area (Å²) in [6.45, 7) is 4.59. The Bertz CT molecular complexity index is 681. The number of ether oxygens (including phenoxy) is 1. The standard InChI is InChI=1S/C16H17N3O/c1-2-3-4-5-6-13-11-19-15-8-7-12(10-17)9-14(15)18-16(19)20-13/h2,7-9,13H,1,3-6,11H2. The van der Waals surface area contributed by atoms with E-state index in [-0.39, 0.29) is 6.10 Å². The van der Waals surface area contributed by atoms with Crippen LogP contribution in [0.15, 0.2) is 30.9 Å². The van der Waals surface area contributed by atoms with Crippen molar-refractivity contribution >= 4 is 11.0 Å². The van der Waals surface area contributed by atoms with Crippen LogP contribution < -0.4 is 4.74 Å². The third kappa shape index (κ3) is 2.27. The van der Waals surface area contributed by atoms with Crippen LogP contribution in [0.25, 0.3) is 11.0 Å². The second kappa shape index (κ2) is 5.38. The van der Waals surface area contributed by atoms with Gasteiger partial charge in [0.25, 0.3) is 6.01 Å². The van der Waals surface area contributed by atoms with Crippen molar-refractivity contribution in [1.29, 1.82) is 5.26 Å². The fraction of sp³-hybridized carbons (Fsp3) is 0.375. The largest absolute Gasteiger partial charge is 0.459 e. The minimum Gasteiger partial charge on any atom is -0.459 e. The summed E-state index contributed by atoms with van der Waals surface area (Å²) in [4.78, 5) is 4.47. The van der Waals surface area contributed by atoms with Gasteiger partial charge in [0.05, 0.1) is 29.2 Å². The number of rotatable bonds is 5. The van der Waals surface area contributed by atoms with Crippen LogP contribution in [0.3, 0.4) is 0 Å². The van der Waals surface area contributed by atoms with E-state index in [4.69, 9.17) is 10.00 Å². The second-order valence-electron chi connectivity index (χ2n) is 5.13. The minimum atomic E-state index is 0.224. The molecule has 102 valence electrons. The zero-order chi connectivity index (χ0) is 13.9. The van der Waals surface area contributed by atoms with Crippen molar-refractivity contribution in [3.05, 3.63) is 36.4 Å². The Labute approximate surface area is 118 Å². The SMILES string of the molecule is C=CCCCCC1Cn2c(nc3cc(C#N)ccc32)O1. The van der Waals surface area contributed by atoms with E-state index >= 15 is 0 Å². The van der Waals surface area contributed by atoms with Crippen LogP contribution in [0.4, 0.5) is 0 Å². The summed E-state index contributed by atoms with van der Waals surface area (Å²) < 4.78 is 7.99. The molecule has 20 heavy (non-hydrogen) atoms. The number of hydrogen-bond donors (Lipinski definition) is 0. The second-order valence-corrected chi connectivity index (χ2v) is 5.13. The van der Waals surface area contributed by atoms with E-state index in [0.29, 0.717) is 11.6 Å². The molecule has 1 aliphatic heterocycles. The van der Waals surface area contributed by atoms with Gasteiger partial charge in [0, 0.05) is 0 Å². The van der Waals surface area contributed by atoms with Gasteiger partial charge in [-0.15, -0.1) is 6.58 Å². The summed E-state index contributed by atoms with van der Waals surface area (Å²) in [5.74, 6) is 0. The van der Waals surface area contributed by atoms with Crippen molar-refractivity contribution in [2.75, 3.05) is 0 Å². The number of benzene rings is 1. The first-order valence-electron chi connectivity index (χ1n) is 7.00. The molecule has 1 aliphatic rings. The van der Waals surface area contributed by atoms with Gasteiger partial charge >= 0.3 is 0 Å². The fourth-order valence-corrected chi connectivity index (χ4v) is 2.64. The molecule has 0 aliphatic carbocycles. The summed E-state index contributed by atoms with van der Waals surface area (Å²) in [6, 6.07) is 8.41. The van der Waals surface area contributed by atoms with E-state index in [9.17, 15) is 0 Å². The van der Waals surface area contributed by atoms with Crippen LogP contribution in [0, 0.1) is 11.3 Å². The lowest BCUT2D eigenvalue weighted by Gasteiger charge is -2.08. The third-order valence-corrected chi connectivity index (χ3v) is 3.68. The van der Waals surface area contributed by atoms with E-state index in [0.717, 1.165) is 43.3 Å². The van der Waals surface area contributed by atoms with Crippen LogP contribution in [-0.2, 0) is 6.54 Å². The highest BCUT2D eigenvalue weighted by molar-refractivity contribution is 5.78. The van der Waals surface area contributed by atoms with Crippen LogP contribution >= 0.6 is 0 Å². The molecule has 0 saturated heterocycles. The molecule has 4 heteroatoms. The molecule has 0 amide bonds. The fourth-order valence-electron chi connectivity index (χ4n) is 2.64. The number of nitriles is 1. The Balaban J connectivity index is 1.72. The van der Waals surface area contributed by atoms with E-state index in [1.165, 1.54) is 0 Å². The minimum absolute atomic E-state index is 0.224. The van der Waals surface area contributed by atoms with Crippen LogP contribution in [0.5, 0.6) is 6.01 Å². The lowest BCUT2D eigenvalue weighted by atomic mass is 10.1. The van der Waals surface area contributed by atoms with Gasteiger partial charge in [0.1, 0.15) is 6.10 Å². The maximum absolute atomic E-state index is 8.90. The Morgan fingerprint density at radius 1 is 1.50 bits per heavy atom. The molecule has 0 bridgehead atoms. The average Bonchev–Trinajstić information content (AvgIpc) is 2.99. The summed E-state index contributed by atoms with van der Waals surface area (Å²) in [7, 11) is 0.